The number of piperidine rings is 1. The molecular weight excluding hydrogens is 375 g/mol. The molecule has 8 heteroatoms. The van der Waals surface area contributed by atoms with Crippen LogP contribution >= 0.6 is 11.8 Å². The van der Waals surface area contributed by atoms with Gasteiger partial charge in [0.25, 0.3) is 0 Å². The minimum Gasteiger partial charge on any atom is -0.405 e. The van der Waals surface area contributed by atoms with Gasteiger partial charge in [-0.2, -0.15) is 0 Å². The zero-order chi connectivity index (χ0) is 19.6. The average molecular weight is 399 g/mol. The minimum absolute atomic E-state index is 0.0198. The first kappa shape index (κ1) is 18.9. The van der Waals surface area contributed by atoms with E-state index in [-0.39, 0.29) is 17.3 Å². The first-order valence-corrected chi connectivity index (χ1v) is 10.1. The molecule has 146 valence electrons. The van der Waals surface area contributed by atoms with E-state index in [0.29, 0.717) is 0 Å². The lowest BCUT2D eigenvalue weighted by Crippen LogP contribution is -2.51. The van der Waals surface area contributed by atoms with Crippen molar-refractivity contribution in [3.63, 3.8) is 0 Å². The van der Waals surface area contributed by atoms with Crippen molar-refractivity contribution < 1.29 is 4.39 Å². The van der Waals surface area contributed by atoms with Crippen LogP contribution in [0.15, 0.2) is 63.8 Å². The van der Waals surface area contributed by atoms with Crippen molar-refractivity contribution in [2.45, 2.75) is 28.8 Å². The summed E-state index contributed by atoms with van der Waals surface area (Å²) in [5, 5.41) is 0.743. The highest BCUT2D eigenvalue weighted by atomic mass is 32.2. The summed E-state index contributed by atoms with van der Waals surface area (Å²) in [5.41, 5.74) is 12.9. The van der Waals surface area contributed by atoms with Gasteiger partial charge in [-0.3, -0.25) is 4.99 Å². The van der Waals surface area contributed by atoms with Crippen LogP contribution in [0.5, 0.6) is 0 Å². The van der Waals surface area contributed by atoms with Crippen LogP contribution in [0.1, 0.15) is 12.8 Å². The maximum Gasteiger partial charge on any atom is 0.147 e. The molecule has 1 atom stereocenters. The molecule has 0 bridgehead atoms. The van der Waals surface area contributed by atoms with Crippen molar-refractivity contribution in [2.75, 3.05) is 24.5 Å². The molecule has 0 aliphatic carbocycles. The molecule has 1 spiro atoms. The van der Waals surface area contributed by atoms with Crippen LogP contribution in [0.2, 0.25) is 0 Å². The van der Waals surface area contributed by atoms with Crippen LogP contribution in [-0.4, -0.2) is 41.4 Å². The van der Waals surface area contributed by atoms with Crippen LogP contribution in [0.4, 0.5) is 10.2 Å². The van der Waals surface area contributed by atoms with Crippen LogP contribution in [0, 0.1) is 11.2 Å². The molecule has 1 aromatic heterocycles. The second-order valence-electron chi connectivity index (χ2n) is 7.20. The molecule has 4 N–H and O–H groups in total. The number of nitrogens with zero attached hydrogens (tertiary/aromatic N) is 4. The fraction of sp³-hybridized carbons (Fsp3) is 0.350. The highest BCUT2D eigenvalue weighted by Crippen LogP contribution is 2.39. The Morgan fingerprint density at radius 2 is 2.04 bits per heavy atom. The average Bonchev–Trinajstić information content (AvgIpc) is 3.00. The lowest BCUT2D eigenvalue weighted by atomic mass is 9.73. The monoisotopic (exact) mass is 398 g/mol. The van der Waals surface area contributed by atoms with E-state index in [4.69, 9.17) is 11.5 Å². The third-order valence-corrected chi connectivity index (χ3v) is 6.45. The van der Waals surface area contributed by atoms with Gasteiger partial charge in [0, 0.05) is 29.9 Å². The molecule has 1 unspecified atom stereocenters. The van der Waals surface area contributed by atoms with Gasteiger partial charge in [-0.25, -0.2) is 14.4 Å². The van der Waals surface area contributed by atoms with E-state index in [2.05, 4.69) is 19.9 Å². The van der Waals surface area contributed by atoms with Crippen molar-refractivity contribution in [3.8, 4) is 0 Å². The van der Waals surface area contributed by atoms with E-state index in [0.717, 1.165) is 53.9 Å². The lowest BCUT2D eigenvalue weighted by molar-refractivity contribution is 0.227. The second-order valence-corrected chi connectivity index (χ2v) is 8.29. The summed E-state index contributed by atoms with van der Waals surface area (Å²) >= 11 is 1.40. The Labute approximate surface area is 167 Å². The molecule has 4 rings (SSSR count). The highest BCUT2D eigenvalue weighted by molar-refractivity contribution is 7.99. The number of benzene rings is 1. The zero-order valence-corrected chi connectivity index (χ0v) is 16.3. The Hall–Kier alpha value is -2.45. The summed E-state index contributed by atoms with van der Waals surface area (Å²) in [5.74, 6) is 0.601. The van der Waals surface area contributed by atoms with E-state index in [9.17, 15) is 4.39 Å². The Kier molecular flexibility index (Phi) is 5.32. The minimum atomic E-state index is -0.254. The molecule has 2 aromatic rings. The van der Waals surface area contributed by atoms with Crippen LogP contribution in [0.3, 0.4) is 0 Å². The number of hydrogen-bond acceptors (Lipinski definition) is 7. The Bertz CT molecular complexity index is 890. The molecule has 0 saturated carbocycles. The number of halogens is 1. The van der Waals surface area contributed by atoms with Gasteiger partial charge in [0.2, 0.25) is 0 Å². The summed E-state index contributed by atoms with van der Waals surface area (Å²) in [4.78, 5) is 16.7. The fourth-order valence-electron chi connectivity index (χ4n) is 3.84. The Morgan fingerprint density at radius 3 is 2.71 bits per heavy atom. The summed E-state index contributed by atoms with van der Waals surface area (Å²) in [6.45, 7) is 2.50. The number of nitrogens with two attached hydrogens (primary N) is 2. The van der Waals surface area contributed by atoms with Gasteiger partial charge in [-0.1, -0.05) is 17.8 Å². The second kappa shape index (κ2) is 7.89. The fourth-order valence-corrected chi connectivity index (χ4v) is 4.61. The maximum absolute atomic E-state index is 13.3. The maximum atomic E-state index is 13.3. The van der Waals surface area contributed by atoms with Gasteiger partial charge >= 0.3 is 0 Å². The van der Waals surface area contributed by atoms with Crippen molar-refractivity contribution in [1.29, 1.82) is 0 Å². The van der Waals surface area contributed by atoms with Gasteiger partial charge < -0.3 is 16.4 Å². The first-order chi connectivity index (χ1) is 13.6. The normalized spacial score (nSPS) is 21.4. The van der Waals surface area contributed by atoms with Crippen LogP contribution in [-0.2, 0) is 0 Å². The van der Waals surface area contributed by atoms with E-state index >= 15 is 0 Å². The molecule has 28 heavy (non-hydrogen) atoms. The topological polar surface area (TPSA) is 93.4 Å². The molecule has 1 aromatic carbocycles. The summed E-state index contributed by atoms with van der Waals surface area (Å²) < 4.78 is 13.3. The number of aromatic nitrogens is 2. The highest BCUT2D eigenvalue weighted by Gasteiger charge is 2.44. The summed E-state index contributed by atoms with van der Waals surface area (Å²) in [6.07, 6.45) is 8.76. The molecule has 2 aliphatic rings. The standard InChI is InChI=1S/C20H23FN6S/c21-14-2-1-3-15(10-14)28-18-12-24-17(11-25-18)27-8-5-20(6-9-27)13-26-16(4-7-22)19(20)23/h1-4,7,10-12,19H,5-6,8-9,13,22-23H2/b7-4-. The number of aliphatic imine (C=N–C) groups is 1. The third kappa shape index (κ3) is 3.74. The van der Waals surface area contributed by atoms with Crippen molar-refractivity contribution in [1.82, 2.24) is 9.97 Å². The van der Waals surface area contributed by atoms with Gasteiger partial charge in [-0.05, 0) is 43.3 Å². The number of rotatable bonds is 4. The SMILES string of the molecule is N/C=C\C1=NCC2(CCN(c3cnc(Sc4cccc(F)c4)cn3)CC2)C1N. The van der Waals surface area contributed by atoms with Crippen LogP contribution in [0.25, 0.3) is 0 Å². The summed E-state index contributed by atoms with van der Waals surface area (Å²) in [7, 11) is 0. The Morgan fingerprint density at radius 1 is 1.21 bits per heavy atom. The van der Waals surface area contributed by atoms with E-state index in [1.807, 2.05) is 12.1 Å². The summed E-state index contributed by atoms with van der Waals surface area (Å²) in [6, 6.07) is 6.40. The quantitative estimate of drug-likeness (QED) is 0.822. The molecule has 1 fully saturated rings. The van der Waals surface area contributed by atoms with E-state index < -0.39 is 0 Å². The lowest BCUT2D eigenvalue weighted by Gasteiger charge is -2.41. The molecule has 0 radical (unpaired) electrons. The largest absolute Gasteiger partial charge is 0.405 e. The van der Waals surface area contributed by atoms with Gasteiger partial charge in [0.05, 0.1) is 24.1 Å². The molecule has 2 aliphatic heterocycles. The predicted octanol–water partition coefficient (Wildman–Crippen LogP) is 2.61. The number of anilines is 1. The van der Waals surface area contributed by atoms with Gasteiger partial charge in [0.1, 0.15) is 16.7 Å². The van der Waals surface area contributed by atoms with Gasteiger partial charge in [-0.15, -0.1) is 0 Å². The van der Waals surface area contributed by atoms with Gasteiger partial charge in [0.15, 0.2) is 0 Å². The first-order valence-electron chi connectivity index (χ1n) is 9.28. The van der Waals surface area contributed by atoms with Crippen molar-refractivity contribution in [2.24, 2.45) is 21.9 Å². The zero-order valence-electron chi connectivity index (χ0n) is 15.5. The van der Waals surface area contributed by atoms with E-state index in [1.54, 1.807) is 18.5 Å². The van der Waals surface area contributed by atoms with E-state index in [1.165, 1.54) is 30.1 Å². The predicted molar refractivity (Wildman–Crippen MR) is 110 cm³/mol. The number of hydrogen-bond donors (Lipinski definition) is 2. The molecule has 6 nitrogen and oxygen atoms in total. The van der Waals surface area contributed by atoms with Crippen molar-refractivity contribution >= 4 is 23.3 Å². The molecule has 0 amide bonds. The van der Waals surface area contributed by atoms with Crippen molar-refractivity contribution in [3.05, 3.63) is 54.8 Å². The third-order valence-electron chi connectivity index (χ3n) is 5.54. The molecule has 1 saturated heterocycles. The smallest absolute Gasteiger partial charge is 0.147 e. The molecular formula is C20H23FN6S. The molecule has 3 heterocycles. The van der Waals surface area contributed by atoms with Crippen LogP contribution < -0.4 is 16.4 Å². The Balaban J connectivity index is 1.38.